The lowest BCUT2D eigenvalue weighted by molar-refractivity contribution is -0.132. The summed E-state index contributed by atoms with van der Waals surface area (Å²) in [5, 5.41) is 12.6. The zero-order chi connectivity index (χ0) is 28.6. The first kappa shape index (κ1) is 29.0. The molecule has 0 spiro atoms. The Hall–Kier alpha value is -3.99. The van der Waals surface area contributed by atoms with E-state index in [0.29, 0.717) is 55.0 Å². The molecule has 0 saturated carbocycles. The number of thiocarbonyl (C=S) groups is 1. The van der Waals surface area contributed by atoms with E-state index in [1.807, 2.05) is 54.0 Å². The Bertz CT molecular complexity index is 1300. The van der Waals surface area contributed by atoms with Crippen molar-refractivity contribution in [1.82, 2.24) is 25.3 Å². The van der Waals surface area contributed by atoms with Crippen molar-refractivity contribution in [3.8, 4) is 22.8 Å². The fraction of sp³-hybridized carbons (Fsp3) is 0.379. The van der Waals surface area contributed by atoms with Crippen LogP contribution in [-0.4, -0.2) is 84.0 Å². The molecule has 1 amide bonds. The van der Waals surface area contributed by atoms with Crippen LogP contribution in [0.15, 0.2) is 54.6 Å². The van der Waals surface area contributed by atoms with E-state index in [9.17, 15) is 9.18 Å². The van der Waals surface area contributed by atoms with Crippen molar-refractivity contribution in [3.05, 3.63) is 66.0 Å². The maximum atomic E-state index is 13.4. The van der Waals surface area contributed by atoms with E-state index >= 15 is 0 Å². The molecule has 0 unspecified atom stereocenters. The van der Waals surface area contributed by atoms with Gasteiger partial charge in [-0.2, -0.15) is 0 Å². The summed E-state index contributed by atoms with van der Waals surface area (Å²) in [4.78, 5) is 19.1. The summed E-state index contributed by atoms with van der Waals surface area (Å²) in [6.07, 6.45) is 0. The van der Waals surface area contributed by atoms with Crippen LogP contribution in [0.4, 0.5) is 10.2 Å². The summed E-state index contributed by atoms with van der Waals surface area (Å²) < 4.78 is 24.2. The number of methoxy groups -OCH3 is 2. The Labute approximate surface area is 239 Å². The first-order chi connectivity index (χ1) is 19.3. The Kier molecular flexibility index (Phi) is 9.70. The van der Waals surface area contributed by atoms with Crippen LogP contribution < -0.4 is 19.7 Å². The van der Waals surface area contributed by atoms with E-state index in [4.69, 9.17) is 21.7 Å². The molecule has 2 aromatic carbocycles. The topological polar surface area (TPSA) is 83.1 Å². The maximum Gasteiger partial charge on any atom is 0.242 e. The summed E-state index contributed by atoms with van der Waals surface area (Å²) in [5.74, 6) is 1.80. The zero-order valence-corrected chi connectivity index (χ0v) is 24.1. The third-order valence-electron chi connectivity index (χ3n) is 6.60. The average Bonchev–Trinajstić information content (AvgIpc) is 2.97. The number of hydrogen-bond donors (Lipinski definition) is 1. The third-order valence-corrected chi connectivity index (χ3v) is 6.98. The van der Waals surface area contributed by atoms with Gasteiger partial charge in [-0.1, -0.05) is 12.1 Å². The number of carbonyl (C=O) groups is 1. The Balaban J connectivity index is 1.36. The summed E-state index contributed by atoms with van der Waals surface area (Å²) in [6.45, 7) is 6.92. The molecule has 40 heavy (non-hydrogen) atoms. The number of carbonyl (C=O) groups excluding carboxylic acids is 1. The van der Waals surface area contributed by atoms with E-state index in [1.54, 1.807) is 26.4 Å². The van der Waals surface area contributed by atoms with Gasteiger partial charge in [-0.3, -0.25) is 4.79 Å². The fourth-order valence-electron chi connectivity index (χ4n) is 4.44. The molecule has 4 rings (SSSR count). The quantitative estimate of drug-likeness (QED) is 0.390. The van der Waals surface area contributed by atoms with E-state index in [1.165, 1.54) is 12.1 Å². The second-order valence-corrected chi connectivity index (χ2v) is 10.2. The van der Waals surface area contributed by atoms with Crippen molar-refractivity contribution in [2.45, 2.75) is 26.4 Å². The number of ether oxygens (including phenoxy) is 2. The number of aromatic nitrogens is 2. The average molecular weight is 567 g/mol. The zero-order valence-electron chi connectivity index (χ0n) is 23.3. The van der Waals surface area contributed by atoms with Gasteiger partial charge < -0.3 is 29.5 Å². The minimum atomic E-state index is -0.299. The Morgan fingerprint density at radius 1 is 1.02 bits per heavy atom. The number of piperazine rings is 1. The number of nitrogens with one attached hydrogen (secondary N) is 1. The number of nitrogens with zero attached hydrogens (tertiary/aromatic N) is 5. The highest BCUT2D eigenvalue weighted by molar-refractivity contribution is 7.80. The lowest BCUT2D eigenvalue weighted by Gasteiger charge is -2.36. The number of halogens is 1. The molecule has 0 atom stereocenters. The van der Waals surface area contributed by atoms with Crippen LogP contribution in [0.5, 0.6) is 11.5 Å². The van der Waals surface area contributed by atoms with Gasteiger partial charge >= 0.3 is 0 Å². The van der Waals surface area contributed by atoms with Gasteiger partial charge in [0.2, 0.25) is 5.91 Å². The van der Waals surface area contributed by atoms with Gasteiger partial charge in [-0.15, -0.1) is 10.2 Å². The van der Waals surface area contributed by atoms with Crippen molar-refractivity contribution >= 4 is 29.1 Å². The molecule has 1 saturated heterocycles. The van der Waals surface area contributed by atoms with Crippen LogP contribution in [0, 0.1) is 5.82 Å². The van der Waals surface area contributed by atoms with E-state index in [2.05, 4.69) is 20.4 Å². The monoisotopic (exact) mass is 566 g/mol. The smallest absolute Gasteiger partial charge is 0.242 e. The van der Waals surface area contributed by atoms with Crippen molar-refractivity contribution in [1.29, 1.82) is 0 Å². The minimum Gasteiger partial charge on any atom is -0.497 e. The van der Waals surface area contributed by atoms with Gasteiger partial charge in [0.15, 0.2) is 10.9 Å². The number of amides is 1. The Morgan fingerprint density at radius 3 is 2.35 bits per heavy atom. The molecule has 212 valence electrons. The van der Waals surface area contributed by atoms with Gasteiger partial charge in [0, 0.05) is 50.4 Å². The lowest BCUT2D eigenvalue weighted by Crippen LogP contribution is -2.53. The third kappa shape index (κ3) is 7.35. The molecule has 1 fully saturated rings. The fourth-order valence-corrected chi connectivity index (χ4v) is 4.81. The maximum absolute atomic E-state index is 13.4. The SMILES string of the molecule is COc1ccc(-c2ccc(N3CCN(C(=O)CN(Cc4ccc(F)cc4)C(=S)NC(C)C)CC3)nn2)c(OC)c1. The van der Waals surface area contributed by atoms with E-state index in [0.717, 1.165) is 16.9 Å². The Morgan fingerprint density at radius 2 is 1.75 bits per heavy atom. The van der Waals surface area contributed by atoms with E-state index < -0.39 is 0 Å². The molecule has 1 aliphatic rings. The normalized spacial score (nSPS) is 13.2. The first-order valence-corrected chi connectivity index (χ1v) is 13.6. The van der Waals surface area contributed by atoms with Gasteiger partial charge in [0.1, 0.15) is 17.3 Å². The van der Waals surface area contributed by atoms with Gasteiger partial charge in [0.05, 0.1) is 26.5 Å². The van der Waals surface area contributed by atoms with Crippen molar-refractivity contribution in [2.24, 2.45) is 0 Å². The molecular weight excluding hydrogens is 531 g/mol. The summed E-state index contributed by atoms with van der Waals surface area (Å²) in [6, 6.07) is 15.8. The summed E-state index contributed by atoms with van der Waals surface area (Å²) >= 11 is 5.59. The predicted octanol–water partition coefficient (Wildman–Crippen LogP) is 3.73. The van der Waals surface area contributed by atoms with Crippen molar-refractivity contribution in [2.75, 3.05) is 51.8 Å². The molecule has 11 heteroatoms. The van der Waals surface area contributed by atoms with E-state index in [-0.39, 0.29) is 24.3 Å². The number of rotatable bonds is 9. The van der Waals surface area contributed by atoms with Crippen molar-refractivity contribution in [3.63, 3.8) is 0 Å². The van der Waals surface area contributed by atoms with Crippen LogP contribution in [0.1, 0.15) is 19.4 Å². The van der Waals surface area contributed by atoms with Crippen LogP contribution in [-0.2, 0) is 11.3 Å². The van der Waals surface area contributed by atoms with Gasteiger partial charge in [0.25, 0.3) is 0 Å². The second kappa shape index (κ2) is 13.4. The second-order valence-electron chi connectivity index (χ2n) is 9.80. The summed E-state index contributed by atoms with van der Waals surface area (Å²) in [7, 11) is 3.22. The minimum absolute atomic E-state index is 0.0114. The first-order valence-electron chi connectivity index (χ1n) is 13.2. The highest BCUT2D eigenvalue weighted by Crippen LogP contribution is 2.32. The van der Waals surface area contributed by atoms with Crippen molar-refractivity contribution < 1.29 is 18.7 Å². The highest BCUT2D eigenvalue weighted by atomic mass is 32.1. The molecule has 1 aliphatic heterocycles. The molecule has 1 aromatic heterocycles. The van der Waals surface area contributed by atoms with Crippen LogP contribution >= 0.6 is 12.2 Å². The molecule has 9 nitrogen and oxygen atoms in total. The summed E-state index contributed by atoms with van der Waals surface area (Å²) in [5.41, 5.74) is 2.40. The largest absolute Gasteiger partial charge is 0.497 e. The highest BCUT2D eigenvalue weighted by Gasteiger charge is 2.25. The molecule has 3 aromatic rings. The molecule has 1 N–H and O–H groups in total. The number of benzene rings is 2. The lowest BCUT2D eigenvalue weighted by atomic mass is 10.1. The predicted molar refractivity (Wildman–Crippen MR) is 157 cm³/mol. The molecule has 0 bridgehead atoms. The molecule has 0 aliphatic carbocycles. The van der Waals surface area contributed by atoms with Crippen LogP contribution in [0.2, 0.25) is 0 Å². The molecular formula is C29H35FN6O3S. The van der Waals surface area contributed by atoms with Gasteiger partial charge in [-0.25, -0.2) is 4.39 Å². The van der Waals surface area contributed by atoms with Gasteiger partial charge in [-0.05, 0) is 68.0 Å². The number of anilines is 1. The standard InChI is InChI=1S/C29H35FN6O3S/c1-20(2)31-29(40)36(18-21-5-7-22(30)8-6-21)19-28(37)35-15-13-34(14-16-35)27-12-11-25(32-33-27)24-10-9-23(38-3)17-26(24)39-4/h5-12,17,20H,13-16,18-19H2,1-4H3,(H,31,40). The molecule has 0 radical (unpaired) electrons. The number of hydrogen-bond acceptors (Lipinski definition) is 7. The molecule has 2 heterocycles. The van der Waals surface area contributed by atoms with Crippen LogP contribution in [0.3, 0.4) is 0 Å². The van der Waals surface area contributed by atoms with Crippen LogP contribution in [0.25, 0.3) is 11.3 Å².